The Morgan fingerprint density at radius 1 is 1.45 bits per heavy atom. The van der Waals surface area contributed by atoms with Crippen LogP contribution in [0.25, 0.3) is 0 Å². The molecule has 0 spiro atoms. The summed E-state index contributed by atoms with van der Waals surface area (Å²) in [4.78, 5) is 21.4. The van der Waals surface area contributed by atoms with Gasteiger partial charge in [0.15, 0.2) is 0 Å². The van der Waals surface area contributed by atoms with Crippen molar-refractivity contribution in [2.24, 2.45) is 5.92 Å². The van der Waals surface area contributed by atoms with Gasteiger partial charge in [0.05, 0.1) is 9.82 Å². The molecular weight excluding hydrogens is 308 g/mol. The van der Waals surface area contributed by atoms with Gasteiger partial charge in [-0.1, -0.05) is 0 Å². The van der Waals surface area contributed by atoms with Crippen molar-refractivity contribution in [1.82, 2.24) is 0 Å². The van der Waals surface area contributed by atoms with Gasteiger partial charge in [-0.3, -0.25) is 14.9 Å². The van der Waals surface area contributed by atoms with Gasteiger partial charge in [-0.2, -0.15) is 0 Å². The first-order chi connectivity index (χ1) is 9.27. The Bertz CT molecular complexity index is 669. The Balaban J connectivity index is 2.27. The van der Waals surface area contributed by atoms with Gasteiger partial charge in [0.1, 0.15) is 5.69 Å². The van der Waals surface area contributed by atoms with Crippen molar-refractivity contribution in [3.8, 4) is 0 Å². The molecule has 1 fully saturated rings. The zero-order chi connectivity index (χ0) is 14.9. The molecule has 1 aromatic rings. The standard InChI is InChI=1S/C11H11ClN2O5S/c12-20(18,19)8-3-4-9(10(6-8)14(16)17)13-11(15)5-7-1-2-7/h3-4,6-7H,1-2,5H2,(H,13,15). The van der Waals surface area contributed by atoms with Crippen molar-refractivity contribution < 1.29 is 18.1 Å². The predicted octanol–water partition coefficient (Wildman–Crippen LogP) is 2.26. The number of nitro benzene ring substituents is 1. The molecule has 2 rings (SSSR count). The molecule has 108 valence electrons. The second-order valence-corrected chi connectivity index (χ2v) is 7.14. The molecule has 1 aromatic carbocycles. The molecule has 0 heterocycles. The molecule has 1 saturated carbocycles. The molecule has 0 aromatic heterocycles. The minimum atomic E-state index is -4.06. The fourth-order valence-electron chi connectivity index (χ4n) is 1.71. The number of carbonyl (C=O) groups is 1. The largest absolute Gasteiger partial charge is 0.320 e. The number of nitrogens with zero attached hydrogens (tertiary/aromatic N) is 1. The van der Waals surface area contributed by atoms with E-state index in [0.29, 0.717) is 12.3 Å². The second-order valence-electron chi connectivity index (χ2n) is 4.57. The lowest BCUT2D eigenvalue weighted by Gasteiger charge is -2.06. The monoisotopic (exact) mass is 318 g/mol. The summed E-state index contributed by atoms with van der Waals surface area (Å²) in [5.41, 5.74) is -0.541. The van der Waals surface area contributed by atoms with E-state index in [0.717, 1.165) is 31.0 Å². The van der Waals surface area contributed by atoms with E-state index < -0.39 is 19.7 Å². The van der Waals surface area contributed by atoms with Gasteiger partial charge in [0, 0.05) is 23.2 Å². The van der Waals surface area contributed by atoms with Crippen molar-refractivity contribution in [2.75, 3.05) is 5.32 Å². The van der Waals surface area contributed by atoms with Crippen LogP contribution in [0.15, 0.2) is 23.1 Å². The quantitative estimate of drug-likeness (QED) is 0.509. The maximum absolute atomic E-state index is 11.6. The van der Waals surface area contributed by atoms with E-state index in [1.54, 1.807) is 0 Å². The van der Waals surface area contributed by atoms with Gasteiger partial charge in [-0.25, -0.2) is 8.42 Å². The Morgan fingerprint density at radius 2 is 2.10 bits per heavy atom. The Hall–Kier alpha value is -1.67. The summed E-state index contributed by atoms with van der Waals surface area (Å²) in [5, 5.41) is 13.4. The van der Waals surface area contributed by atoms with Gasteiger partial charge in [0.25, 0.3) is 14.7 Å². The highest BCUT2D eigenvalue weighted by Crippen LogP contribution is 2.34. The summed E-state index contributed by atoms with van der Waals surface area (Å²) in [6, 6.07) is 3.11. The number of hydrogen-bond donors (Lipinski definition) is 1. The normalized spacial score (nSPS) is 14.8. The number of carbonyl (C=O) groups excluding carboxylic acids is 1. The Kier molecular flexibility index (Phi) is 3.96. The van der Waals surface area contributed by atoms with Crippen LogP contribution in [0.1, 0.15) is 19.3 Å². The van der Waals surface area contributed by atoms with Crippen molar-refractivity contribution in [2.45, 2.75) is 24.2 Å². The summed E-state index contributed by atoms with van der Waals surface area (Å²) < 4.78 is 22.3. The molecule has 0 aliphatic heterocycles. The van der Waals surface area contributed by atoms with Crippen LogP contribution in [0.3, 0.4) is 0 Å². The third-order valence-corrected chi connectivity index (χ3v) is 4.24. The third kappa shape index (κ3) is 3.67. The SMILES string of the molecule is O=C(CC1CC1)Nc1ccc(S(=O)(=O)Cl)cc1[N+](=O)[O-]. The number of benzene rings is 1. The number of rotatable bonds is 5. The van der Waals surface area contributed by atoms with Gasteiger partial charge in [-0.05, 0) is 30.9 Å². The van der Waals surface area contributed by atoms with E-state index in [1.807, 2.05) is 0 Å². The van der Waals surface area contributed by atoms with Crippen molar-refractivity contribution in [3.63, 3.8) is 0 Å². The smallest absolute Gasteiger partial charge is 0.294 e. The summed E-state index contributed by atoms with van der Waals surface area (Å²) in [5.74, 6) is 0.0219. The van der Waals surface area contributed by atoms with Gasteiger partial charge in [-0.15, -0.1) is 0 Å². The second kappa shape index (κ2) is 5.37. The van der Waals surface area contributed by atoms with Crippen LogP contribution in [0.4, 0.5) is 11.4 Å². The lowest BCUT2D eigenvalue weighted by molar-refractivity contribution is -0.384. The number of anilines is 1. The summed E-state index contributed by atoms with van der Waals surface area (Å²) in [6.07, 6.45) is 2.28. The molecule has 9 heteroatoms. The third-order valence-electron chi connectivity index (χ3n) is 2.89. The summed E-state index contributed by atoms with van der Waals surface area (Å²) in [7, 11) is 1.07. The van der Waals surface area contributed by atoms with Crippen LogP contribution in [0.2, 0.25) is 0 Å². The van der Waals surface area contributed by atoms with Crippen molar-refractivity contribution in [3.05, 3.63) is 28.3 Å². The maximum Gasteiger partial charge on any atom is 0.294 e. The summed E-state index contributed by atoms with van der Waals surface area (Å²) in [6.45, 7) is 0. The molecular formula is C11H11ClN2O5S. The van der Waals surface area contributed by atoms with Crippen LogP contribution in [-0.4, -0.2) is 19.2 Å². The maximum atomic E-state index is 11.6. The van der Waals surface area contributed by atoms with Crippen LogP contribution in [0.5, 0.6) is 0 Å². The zero-order valence-corrected chi connectivity index (χ0v) is 11.8. The highest BCUT2D eigenvalue weighted by Gasteiger charge is 2.26. The fraction of sp³-hybridized carbons (Fsp3) is 0.364. The minimum Gasteiger partial charge on any atom is -0.320 e. The van der Waals surface area contributed by atoms with E-state index in [1.165, 1.54) is 0 Å². The molecule has 1 N–H and O–H groups in total. The summed E-state index contributed by atoms with van der Waals surface area (Å²) >= 11 is 0. The topological polar surface area (TPSA) is 106 Å². The van der Waals surface area contributed by atoms with Gasteiger partial charge in [0.2, 0.25) is 5.91 Å². The predicted molar refractivity (Wildman–Crippen MR) is 72.1 cm³/mol. The zero-order valence-electron chi connectivity index (χ0n) is 10.2. The minimum absolute atomic E-state index is 0.0373. The van der Waals surface area contributed by atoms with Crippen LogP contribution < -0.4 is 5.32 Å². The first-order valence-corrected chi connectivity index (χ1v) is 8.11. The van der Waals surface area contributed by atoms with Gasteiger partial charge >= 0.3 is 0 Å². The van der Waals surface area contributed by atoms with E-state index >= 15 is 0 Å². The molecule has 0 radical (unpaired) electrons. The van der Waals surface area contributed by atoms with Crippen LogP contribution >= 0.6 is 10.7 Å². The Labute approximate surface area is 119 Å². The lowest BCUT2D eigenvalue weighted by Crippen LogP contribution is -2.13. The molecule has 0 saturated heterocycles. The molecule has 0 atom stereocenters. The molecule has 7 nitrogen and oxygen atoms in total. The lowest BCUT2D eigenvalue weighted by atomic mass is 10.2. The highest BCUT2D eigenvalue weighted by molar-refractivity contribution is 8.13. The molecule has 0 unspecified atom stereocenters. The van der Waals surface area contributed by atoms with E-state index in [-0.39, 0.29) is 16.5 Å². The first-order valence-electron chi connectivity index (χ1n) is 5.80. The number of amides is 1. The highest BCUT2D eigenvalue weighted by atomic mass is 35.7. The number of nitro groups is 1. The first kappa shape index (κ1) is 14.7. The molecule has 0 bridgehead atoms. The van der Waals surface area contributed by atoms with Gasteiger partial charge < -0.3 is 5.32 Å². The number of halogens is 1. The average molecular weight is 319 g/mol. The number of hydrogen-bond acceptors (Lipinski definition) is 5. The van der Waals surface area contributed by atoms with E-state index in [2.05, 4.69) is 5.32 Å². The van der Waals surface area contributed by atoms with E-state index in [9.17, 15) is 23.3 Å². The molecule has 20 heavy (non-hydrogen) atoms. The fourth-order valence-corrected chi connectivity index (χ4v) is 2.48. The van der Waals surface area contributed by atoms with Crippen LogP contribution in [0, 0.1) is 16.0 Å². The van der Waals surface area contributed by atoms with Crippen molar-refractivity contribution >= 4 is 37.0 Å². The average Bonchev–Trinajstić information content (AvgIpc) is 3.11. The van der Waals surface area contributed by atoms with E-state index in [4.69, 9.17) is 10.7 Å². The molecule has 1 amide bonds. The number of nitrogens with one attached hydrogen (secondary N) is 1. The molecule has 1 aliphatic rings. The Morgan fingerprint density at radius 3 is 2.60 bits per heavy atom. The van der Waals surface area contributed by atoms with Crippen molar-refractivity contribution in [1.29, 1.82) is 0 Å². The van der Waals surface area contributed by atoms with Crippen LogP contribution in [-0.2, 0) is 13.8 Å². The molecule has 1 aliphatic carbocycles.